The number of methoxy groups -OCH3 is 1. The Bertz CT molecular complexity index is 1220. The van der Waals surface area contributed by atoms with Crippen molar-refractivity contribution in [2.45, 2.75) is 0 Å². The minimum absolute atomic E-state index is 0.113. The van der Waals surface area contributed by atoms with Gasteiger partial charge in [-0.2, -0.15) is 0 Å². The number of para-hydroxylation sites is 3. The van der Waals surface area contributed by atoms with Gasteiger partial charge in [0, 0.05) is 5.69 Å². The molecule has 0 aliphatic carbocycles. The number of carbonyl (C=O) groups is 2. The summed E-state index contributed by atoms with van der Waals surface area (Å²) in [6.45, 7) is 0. The predicted molar refractivity (Wildman–Crippen MR) is 112 cm³/mol. The summed E-state index contributed by atoms with van der Waals surface area (Å²) in [5, 5.41) is 2.78. The molecule has 1 N–H and O–H groups in total. The lowest BCUT2D eigenvalue weighted by Gasteiger charge is -2.10. The van der Waals surface area contributed by atoms with Gasteiger partial charge in [0.05, 0.1) is 29.9 Å². The number of hydrogen-bond donors (Lipinski definition) is 1. The fraction of sp³-hybridized carbons (Fsp3) is 0.0435. The summed E-state index contributed by atoms with van der Waals surface area (Å²) in [5.74, 6) is -0.106. The van der Waals surface area contributed by atoms with E-state index in [4.69, 9.17) is 9.47 Å². The molecule has 7 nitrogen and oxygen atoms in total. The number of amides is 1. The number of rotatable bonds is 5. The molecule has 0 bridgehead atoms. The van der Waals surface area contributed by atoms with Gasteiger partial charge in [0.25, 0.3) is 5.91 Å². The minimum Gasteiger partial charge on any atom is -0.496 e. The van der Waals surface area contributed by atoms with Crippen molar-refractivity contribution in [1.29, 1.82) is 0 Å². The van der Waals surface area contributed by atoms with E-state index in [0.29, 0.717) is 33.8 Å². The number of nitrogens with zero attached hydrogens (tertiary/aromatic N) is 2. The van der Waals surface area contributed by atoms with E-state index in [-0.39, 0.29) is 11.6 Å². The molecule has 0 aliphatic heterocycles. The summed E-state index contributed by atoms with van der Waals surface area (Å²) in [7, 11) is 1.51. The summed E-state index contributed by atoms with van der Waals surface area (Å²) < 4.78 is 10.6. The molecule has 0 saturated heterocycles. The molecular formula is C23H17N3O4. The average molecular weight is 399 g/mol. The van der Waals surface area contributed by atoms with Gasteiger partial charge in [-0.15, -0.1) is 0 Å². The topological polar surface area (TPSA) is 90.4 Å². The number of benzene rings is 3. The molecule has 0 saturated carbocycles. The number of ether oxygens (including phenoxy) is 2. The molecule has 1 aromatic heterocycles. The van der Waals surface area contributed by atoms with Gasteiger partial charge in [-0.3, -0.25) is 9.78 Å². The smallest absolute Gasteiger partial charge is 0.363 e. The zero-order valence-corrected chi connectivity index (χ0v) is 16.0. The monoisotopic (exact) mass is 399 g/mol. The van der Waals surface area contributed by atoms with Gasteiger partial charge in [0.15, 0.2) is 5.69 Å². The molecule has 3 aromatic carbocycles. The highest BCUT2D eigenvalue weighted by molar-refractivity contribution is 6.06. The molecule has 0 radical (unpaired) electrons. The van der Waals surface area contributed by atoms with E-state index in [9.17, 15) is 9.59 Å². The second kappa shape index (κ2) is 8.40. The van der Waals surface area contributed by atoms with Crippen LogP contribution in [0, 0.1) is 0 Å². The SMILES string of the molecule is COc1ccccc1C(=O)Nc1ccc(OC(=O)c2cnc3ccccc3n2)cc1. The van der Waals surface area contributed by atoms with Crippen LogP contribution in [0.5, 0.6) is 11.5 Å². The van der Waals surface area contributed by atoms with Crippen molar-refractivity contribution >= 4 is 28.6 Å². The number of nitrogens with one attached hydrogen (secondary N) is 1. The van der Waals surface area contributed by atoms with Crippen molar-refractivity contribution < 1.29 is 19.1 Å². The normalized spacial score (nSPS) is 10.4. The third-order valence-electron chi connectivity index (χ3n) is 4.33. The number of esters is 1. The molecule has 148 valence electrons. The van der Waals surface area contributed by atoms with Gasteiger partial charge in [-0.1, -0.05) is 24.3 Å². The second-order valence-corrected chi connectivity index (χ2v) is 6.31. The first-order valence-corrected chi connectivity index (χ1v) is 9.12. The molecule has 1 heterocycles. The van der Waals surface area contributed by atoms with Crippen molar-refractivity contribution in [3.8, 4) is 11.5 Å². The largest absolute Gasteiger partial charge is 0.496 e. The number of aromatic nitrogens is 2. The molecule has 0 spiro atoms. The summed E-state index contributed by atoms with van der Waals surface area (Å²) in [5.41, 5.74) is 2.40. The van der Waals surface area contributed by atoms with Crippen LogP contribution in [0.15, 0.2) is 79.0 Å². The van der Waals surface area contributed by atoms with Crippen molar-refractivity contribution in [2.24, 2.45) is 0 Å². The standard InChI is InChI=1S/C23H17N3O4/c1-29-21-9-5-2-6-17(21)22(27)25-15-10-12-16(13-11-15)30-23(28)20-14-24-18-7-3-4-8-19(18)26-20/h2-14H,1H3,(H,25,27). The quantitative estimate of drug-likeness (QED) is 0.401. The first-order chi connectivity index (χ1) is 14.6. The Labute approximate surface area is 172 Å². The van der Waals surface area contributed by atoms with E-state index in [2.05, 4.69) is 15.3 Å². The Morgan fingerprint density at radius 2 is 1.57 bits per heavy atom. The number of carbonyl (C=O) groups excluding carboxylic acids is 2. The van der Waals surface area contributed by atoms with Crippen LogP contribution in [0.4, 0.5) is 5.69 Å². The maximum Gasteiger partial charge on any atom is 0.363 e. The third kappa shape index (κ3) is 4.10. The van der Waals surface area contributed by atoms with Crippen molar-refractivity contribution in [3.05, 3.63) is 90.3 Å². The van der Waals surface area contributed by atoms with Crippen LogP contribution >= 0.6 is 0 Å². The zero-order valence-electron chi connectivity index (χ0n) is 16.0. The predicted octanol–water partition coefficient (Wildman–Crippen LogP) is 4.11. The third-order valence-corrected chi connectivity index (χ3v) is 4.33. The lowest BCUT2D eigenvalue weighted by Crippen LogP contribution is -2.13. The van der Waals surface area contributed by atoms with Crippen LogP contribution in [0.2, 0.25) is 0 Å². The van der Waals surface area contributed by atoms with E-state index < -0.39 is 5.97 Å². The first kappa shape index (κ1) is 19.1. The molecule has 30 heavy (non-hydrogen) atoms. The van der Waals surface area contributed by atoms with E-state index in [0.717, 1.165) is 0 Å². The Hall–Kier alpha value is -4.26. The molecular weight excluding hydrogens is 382 g/mol. The zero-order chi connectivity index (χ0) is 20.9. The average Bonchev–Trinajstić information content (AvgIpc) is 2.80. The van der Waals surface area contributed by atoms with Gasteiger partial charge in [-0.25, -0.2) is 9.78 Å². The van der Waals surface area contributed by atoms with E-state index in [1.165, 1.54) is 13.3 Å². The molecule has 4 rings (SSSR count). The van der Waals surface area contributed by atoms with Crippen LogP contribution in [-0.4, -0.2) is 29.0 Å². The maximum atomic E-state index is 12.5. The molecule has 0 aliphatic rings. The van der Waals surface area contributed by atoms with Crippen LogP contribution in [0.3, 0.4) is 0 Å². The van der Waals surface area contributed by atoms with Crippen LogP contribution < -0.4 is 14.8 Å². The van der Waals surface area contributed by atoms with E-state index in [1.807, 2.05) is 18.2 Å². The molecule has 0 fully saturated rings. The Balaban J connectivity index is 1.44. The number of fused-ring (bicyclic) bond motifs is 1. The van der Waals surface area contributed by atoms with Gasteiger partial charge >= 0.3 is 5.97 Å². The maximum absolute atomic E-state index is 12.5. The van der Waals surface area contributed by atoms with E-state index in [1.54, 1.807) is 54.6 Å². The fourth-order valence-electron chi connectivity index (χ4n) is 2.85. The fourth-order valence-corrected chi connectivity index (χ4v) is 2.85. The van der Waals surface area contributed by atoms with E-state index >= 15 is 0 Å². The Morgan fingerprint density at radius 3 is 2.33 bits per heavy atom. The first-order valence-electron chi connectivity index (χ1n) is 9.12. The van der Waals surface area contributed by atoms with Gasteiger partial charge in [-0.05, 0) is 48.5 Å². The van der Waals surface area contributed by atoms with Gasteiger partial charge < -0.3 is 14.8 Å². The molecule has 0 atom stereocenters. The Kier molecular flexibility index (Phi) is 5.34. The summed E-state index contributed by atoms with van der Waals surface area (Å²) in [6.07, 6.45) is 1.38. The highest BCUT2D eigenvalue weighted by Gasteiger charge is 2.14. The Morgan fingerprint density at radius 1 is 0.867 bits per heavy atom. The van der Waals surface area contributed by atoms with Crippen molar-refractivity contribution in [3.63, 3.8) is 0 Å². The minimum atomic E-state index is -0.612. The summed E-state index contributed by atoms with van der Waals surface area (Å²) in [6, 6.07) is 20.7. The second-order valence-electron chi connectivity index (χ2n) is 6.31. The van der Waals surface area contributed by atoms with Crippen LogP contribution in [0.1, 0.15) is 20.8 Å². The molecule has 7 heteroatoms. The van der Waals surface area contributed by atoms with Crippen molar-refractivity contribution in [1.82, 2.24) is 9.97 Å². The summed E-state index contributed by atoms with van der Waals surface area (Å²) >= 11 is 0. The van der Waals surface area contributed by atoms with Crippen LogP contribution in [-0.2, 0) is 0 Å². The molecule has 0 unspecified atom stereocenters. The molecule has 4 aromatic rings. The van der Waals surface area contributed by atoms with Crippen molar-refractivity contribution in [2.75, 3.05) is 12.4 Å². The van der Waals surface area contributed by atoms with Gasteiger partial charge in [0.2, 0.25) is 0 Å². The lowest BCUT2D eigenvalue weighted by molar-refractivity contribution is 0.0728. The lowest BCUT2D eigenvalue weighted by atomic mass is 10.2. The highest BCUT2D eigenvalue weighted by atomic mass is 16.5. The highest BCUT2D eigenvalue weighted by Crippen LogP contribution is 2.21. The number of hydrogen-bond acceptors (Lipinski definition) is 6. The molecule has 1 amide bonds. The van der Waals surface area contributed by atoms with Crippen LogP contribution in [0.25, 0.3) is 11.0 Å². The number of anilines is 1. The van der Waals surface area contributed by atoms with Gasteiger partial charge in [0.1, 0.15) is 11.5 Å². The summed E-state index contributed by atoms with van der Waals surface area (Å²) in [4.78, 5) is 33.3.